The Balaban J connectivity index is 2.01. The summed E-state index contributed by atoms with van der Waals surface area (Å²) in [5.41, 5.74) is 1.12. The monoisotopic (exact) mass is 320 g/mol. The number of nitrogens with one attached hydrogen (secondary N) is 1. The van der Waals surface area contributed by atoms with Crippen LogP contribution in [0.4, 0.5) is 13.2 Å². The van der Waals surface area contributed by atoms with Gasteiger partial charge in [-0.15, -0.1) is 0 Å². The van der Waals surface area contributed by atoms with Crippen LogP contribution < -0.4 is 5.32 Å². The summed E-state index contributed by atoms with van der Waals surface area (Å²) in [7, 11) is 0. The van der Waals surface area contributed by atoms with Crippen molar-refractivity contribution in [2.45, 2.75) is 12.2 Å². The molecule has 1 N–H and O–H groups in total. The van der Waals surface area contributed by atoms with Crippen LogP contribution in [0, 0.1) is 0 Å². The molecule has 23 heavy (non-hydrogen) atoms. The molecule has 1 aliphatic rings. The van der Waals surface area contributed by atoms with Gasteiger partial charge in [-0.3, -0.25) is 4.90 Å². The Morgan fingerprint density at radius 3 is 2.17 bits per heavy atom. The third kappa shape index (κ3) is 3.74. The first-order valence-electron chi connectivity index (χ1n) is 7.72. The van der Waals surface area contributed by atoms with E-state index in [1.807, 2.05) is 30.3 Å². The van der Waals surface area contributed by atoms with E-state index < -0.39 is 11.7 Å². The summed E-state index contributed by atoms with van der Waals surface area (Å²) in [5.74, 6) is 0. The summed E-state index contributed by atoms with van der Waals surface area (Å²) in [6.07, 6.45) is -4.32. The lowest BCUT2D eigenvalue weighted by Gasteiger charge is -2.35. The molecule has 122 valence electrons. The Hall–Kier alpha value is -1.85. The second-order valence-electron chi connectivity index (χ2n) is 5.72. The molecule has 0 unspecified atom stereocenters. The third-order valence-electron chi connectivity index (χ3n) is 4.16. The van der Waals surface area contributed by atoms with Gasteiger partial charge in [0.05, 0.1) is 11.6 Å². The minimum atomic E-state index is -4.32. The van der Waals surface area contributed by atoms with E-state index in [9.17, 15) is 13.2 Å². The number of benzene rings is 2. The van der Waals surface area contributed by atoms with Crippen molar-refractivity contribution in [3.8, 4) is 0 Å². The van der Waals surface area contributed by atoms with Gasteiger partial charge in [0.1, 0.15) is 0 Å². The van der Waals surface area contributed by atoms with Crippen LogP contribution in [0.5, 0.6) is 0 Å². The first kappa shape index (κ1) is 16.0. The van der Waals surface area contributed by atoms with Gasteiger partial charge in [0, 0.05) is 26.2 Å². The lowest BCUT2D eigenvalue weighted by atomic mass is 9.95. The van der Waals surface area contributed by atoms with Crippen molar-refractivity contribution in [2.75, 3.05) is 26.2 Å². The first-order valence-corrected chi connectivity index (χ1v) is 7.72. The predicted molar refractivity (Wildman–Crippen MR) is 84.2 cm³/mol. The SMILES string of the molecule is FC(F)(F)c1cccc([C@H](c2ccccc2)N2CCNCC2)c1. The second kappa shape index (κ2) is 6.72. The normalized spacial score (nSPS) is 17.9. The number of hydrogen-bond acceptors (Lipinski definition) is 2. The highest BCUT2D eigenvalue weighted by Crippen LogP contribution is 2.34. The van der Waals surface area contributed by atoms with Crippen LogP contribution >= 0.6 is 0 Å². The molecule has 0 amide bonds. The Kier molecular flexibility index (Phi) is 4.68. The highest BCUT2D eigenvalue weighted by Gasteiger charge is 2.32. The molecule has 0 radical (unpaired) electrons. The topological polar surface area (TPSA) is 15.3 Å². The molecule has 2 aromatic carbocycles. The van der Waals surface area contributed by atoms with Gasteiger partial charge >= 0.3 is 6.18 Å². The molecule has 2 aromatic rings. The van der Waals surface area contributed by atoms with Gasteiger partial charge in [0.25, 0.3) is 0 Å². The highest BCUT2D eigenvalue weighted by molar-refractivity contribution is 5.35. The maximum Gasteiger partial charge on any atom is 0.416 e. The quantitative estimate of drug-likeness (QED) is 0.928. The van der Waals surface area contributed by atoms with E-state index in [0.29, 0.717) is 5.56 Å². The van der Waals surface area contributed by atoms with Gasteiger partial charge in [-0.05, 0) is 23.3 Å². The minimum Gasteiger partial charge on any atom is -0.314 e. The lowest BCUT2D eigenvalue weighted by molar-refractivity contribution is -0.137. The zero-order chi connectivity index (χ0) is 16.3. The molecule has 1 aliphatic heterocycles. The molecule has 0 spiro atoms. The summed E-state index contributed by atoms with van der Waals surface area (Å²) < 4.78 is 39.2. The van der Waals surface area contributed by atoms with Crippen molar-refractivity contribution < 1.29 is 13.2 Å². The number of nitrogens with zero attached hydrogens (tertiary/aromatic N) is 1. The van der Waals surface area contributed by atoms with E-state index in [2.05, 4.69) is 10.2 Å². The molecule has 1 saturated heterocycles. The average molecular weight is 320 g/mol. The minimum absolute atomic E-state index is 0.152. The summed E-state index contributed by atoms with van der Waals surface area (Å²) in [6.45, 7) is 3.33. The smallest absolute Gasteiger partial charge is 0.314 e. The van der Waals surface area contributed by atoms with Gasteiger partial charge in [0.2, 0.25) is 0 Å². The molecule has 2 nitrogen and oxygen atoms in total. The average Bonchev–Trinajstić information content (AvgIpc) is 2.57. The van der Waals surface area contributed by atoms with E-state index >= 15 is 0 Å². The molecular formula is C18H19F3N2. The van der Waals surface area contributed by atoms with Gasteiger partial charge in [0.15, 0.2) is 0 Å². The van der Waals surface area contributed by atoms with Crippen molar-refractivity contribution in [1.82, 2.24) is 10.2 Å². The van der Waals surface area contributed by atoms with Crippen LogP contribution in [0.25, 0.3) is 0 Å². The van der Waals surface area contributed by atoms with Gasteiger partial charge in [-0.2, -0.15) is 13.2 Å². The molecule has 5 heteroatoms. The molecule has 3 rings (SSSR count). The number of hydrogen-bond donors (Lipinski definition) is 1. The highest BCUT2D eigenvalue weighted by atomic mass is 19.4. The first-order chi connectivity index (χ1) is 11.1. The fraction of sp³-hybridized carbons (Fsp3) is 0.333. The summed E-state index contributed by atoms with van der Waals surface area (Å²) in [6, 6.07) is 15.3. The molecule has 0 saturated carbocycles. The van der Waals surface area contributed by atoms with Crippen molar-refractivity contribution in [2.24, 2.45) is 0 Å². The van der Waals surface area contributed by atoms with E-state index in [4.69, 9.17) is 0 Å². The van der Waals surface area contributed by atoms with Crippen LogP contribution in [0.1, 0.15) is 22.7 Å². The van der Waals surface area contributed by atoms with Gasteiger partial charge < -0.3 is 5.32 Å². The Bertz CT molecular complexity index is 634. The van der Waals surface area contributed by atoms with Crippen LogP contribution in [0.3, 0.4) is 0 Å². The predicted octanol–water partition coefficient (Wildman–Crippen LogP) is 3.70. The summed E-state index contributed by atoms with van der Waals surface area (Å²) >= 11 is 0. The standard InChI is InChI=1S/C18H19F3N2/c19-18(20,21)16-8-4-7-15(13-16)17(14-5-2-1-3-6-14)23-11-9-22-10-12-23/h1-8,13,17,22H,9-12H2/t17-/m0/s1. The molecule has 1 atom stereocenters. The summed E-state index contributed by atoms with van der Waals surface area (Å²) in [4.78, 5) is 2.24. The summed E-state index contributed by atoms with van der Waals surface area (Å²) in [5, 5.41) is 3.29. The molecule has 0 aliphatic carbocycles. The molecular weight excluding hydrogens is 301 g/mol. The number of rotatable bonds is 3. The van der Waals surface area contributed by atoms with Gasteiger partial charge in [-0.25, -0.2) is 0 Å². The van der Waals surface area contributed by atoms with E-state index in [0.717, 1.165) is 37.8 Å². The fourth-order valence-electron chi connectivity index (χ4n) is 3.07. The molecule has 0 bridgehead atoms. The maximum atomic E-state index is 13.1. The van der Waals surface area contributed by atoms with Crippen LogP contribution in [-0.2, 0) is 6.18 Å². The Morgan fingerprint density at radius 1 is 0.870 bits per heavy atom. The van der Waals surface area contributed by atoms with E-state index in [1.54, 1.807) is 6.07 Å². The fourth-order valence-corrected chi connectivity index (χ4v) is 3.07. The van der Waals surface area contributed by atoms with Crippen molar-refractivity contribution in [3.63, 3.8) is 0 Å². The lowest BCUT2D eigenvalue weighted by Crippen LogP contribution is -2.45. The van der Waals surface area contributed by atoms with Gasteiger partial charge in [-0.1, -0.05) is 42.5 Å². The molecule has 0 aromatic heterocycles. The molecule has 1 fully saturated rings. The van der Waals surface area contributed by atoms with Crippen molar-refractivity contribution >= 4 is 0 Å². The van der Waals surface area contributed by atoms with Crippen LogP contribution in [0.2, 0.25) is 0 Å². The largest absolute Gasteiger partial charge is 0.416 e. The zero-order valence-electron chi connectivity index (χ0n) is 12.7. The molecule has 1 heterocycles. The second-order valence-corrected chi connectivity index (χ2v) is 5.72. The van der Waals surface area contributed by atoms with Crippen molar-refractivity contribution in [1.29, 1.82) is 0 Å². The van der Waals surface area contributed by atoms with E-state index in [1.165, 1.54) is 12.1 Å². The Morgan fingerprint density at radius 2 is 1.52 bits per heavy atom. The number of alkyl halides is 3. The number of halogens is 3. The maximum absolute atomic E-state index is 13.1. The number of piperazine rings is 1. The van der Waals surface area contributed by atoms with Crippen LogP contribution in [0.15, 0.2) is 54.6 Å². The van der Waals surface area contributed by atoms with Crippen LogP contribution in [-0.4, -0.2) is 31.1 Å². The zero-order valence-corrected chi connectivity index (χ0v) is 12.7. The third-order valence-corrected chi connectivity index (χ3v) is 4.16. The van der Waals surface area contributed by atoms with Crippen molar-refractivity contribution in [3.05, 3.63) is 71.3 Å². The Labute approximate surface area is 133 Å². The van der Waals surface area contributed by atoms with E-state index in [-0.39, 0.29) is 6.04 Å².